The molecule has 0 atom stereocenters. The maximum atomic E-state index is 13.3. The number of alkyl halides is 3. The smallest absolute Gasteiger partial charge is 0.417 e. The molecule has 2 aromatic carbocycles. The molecule has 4 rings (SSSR count). The lowest BCUT2D eigenvalue weighted by molar-refractivity contribution is -0.136. The molecule has 0 spiro atoms. The van der Waals surface area contributed by atoms with Gasteiger partial charge in [-0.05, 0) is 18.2 Å². The van der Waals surface area contributed by atoms with Crippen LogP contribution in [0.25, 0.3) is 33.1 Å². The maximum absolute atomic E-state index is 13.3. The van der Waals surface area contributed by atoms with Crippen molar-refractivity contribution in [3.8, 4) is 11.1 Å². The number of rotatable bonds is 1. The molecule has 0 aliphatic heterocycles. The van der Waals surface area contributed by atoms with Crippen LogP contribution in [0.2, 0.25) is 0 Å². The van der Waals surface area contributed by atoms with E-state index in [9.17, 15) is 22.8 Å². The molecule has 2 aromatic heterocycles. The first kappa shape index (κ1) is 16.9. The van der Waals surface area contributed by atoms with Gasteiger partial charge in [-0.15, -0.1) is 0 Å². The predicted octanol–water partition coefficient (Wildman–Crippen LogP) is 4.17. The largest absolute Gasteiger partial charge is 0.422 e. The van der Waals surface area contributed by atoms with Gasteiger partial charge in [0.05, 0.1) is 11.1 Å². The van der Waals surface area contributed by atoms with Gasteiger partial charge in [0, 0.05) is 34.2 Å². The highest BCUT2D eigenvalue weighted by molar-refractivity contribution is 5.95. The van der Waals surface area contributed by atoms with Gasteiger partial charge in [0.25, 0.3) is 0 Å². The second kappa shape index (κ2) is 5.73. The molecule has 0 radical (unpaired) electrons. The molecule has 136 valence electrons. The standard InChI is InChI=1S/C19H10F3NO4/c20-19(21,22)14-8-16(24)27-17-11(2-1-3-12(14)17)13-6-9-4-5-10(23)7-15(9)26-18(13)25/h1-8H,23H2. The zero-order valence-corrected chi connectivity index (χ0v) is 13.5. The van der Waals surface area contributed by atoms with Crippen LogP contribution in [-0.2, 0) is 6.18 Å². The minimum absolute atomic E-state index is 0.0275. The first-order valence-electron chi connectivity index (χ1n) is 7.72. The maximum Gasteiger partial charge on any atom is 0.417 e. The quantitative estimate of drug-likeness (QED) is 0.400. The van der Waals surface area contributed by atoms with E-state index < -0.39 is 23.0 Å². The van der Waals surface area contributed by atoms with Crippen molar-refractivity contribution in [1.82, 2.24) is 0 Å². The third-order valence-corrected chi connectivity index (χ3v) is 4.13. The lowest BCUT2D eigenvalue weighted by Gasteiger charge is -2.11. The Balaban J connectivity index is 2.09. The predicted molar refractivity (Wildman–Crippen MR) is 93.4 cm³/mol. The molecule has 0 unspecified atom stereocenters. The summed E-state index contributed by atoms with van der Waals surface area (Å²) in [5.74, 6) is 0. The summed E-state index contributed by atoms with van der Waals surface area (Å²) in [4.78, 5) is 24.1. The van der Waals surface area contributed by atoms with E-state index in [1.807, 2.05) is 0 Å². The summed E-state index contributed by atoms with van der Waals surface area (Å²) < 4.78 is 50.1. The summed E-state index contributed by atoms with van der Waals surface area (Å²) >= 11 is 0. The van der Waals surface area contributed by atoms with Crippen molar-refractivity contribution in [3.63, 3.8) is 0 Å². The summed E-state index contributed by atoms with van der Waals surface area (Å²) in [6.07, 6.45) is -4.75. The number of hydrogen-bond acceptors (Lipinski definition) is 5. The summed E-state index contributed by atoms with van der Waals surface area (Å²) in [6, 6.07) is 10.4. The normalized spacial score (nSPS) is 12.0. The van der Waals surface area contributed by atoms with Gasteiger partial charge in [-0.2, -0.15) is 13.2 Å². The summed E-state index contributed by atoms with van der Waals surface area (Å²) in [5, 5.41) is 0.196. The van der Waals surface area contributed by atoms with Crippen LogP contribution in [0.15, 0.2) is 67.0 Å². The SMILES string of the molecule is Nc1ccc2cc(-c3cccc4c(C(F)(F)F)cc(=O)oc34)c(=O)oc2c1. The Morgan fingerprint density at radius 2 is 1.67 bits per heavy atom. The van der Waals surface area contributed by atoms with E-state index in [1.54, 1.807) is 12.1 Å². The van der Waals surface area contributed by atoms with Crippen molar-refractivity contribution >= 4 is 27.6 Å². The average Bonchev–Trinajstić information content (AvgIpc) is 2.59. The fourth-order valence-corrected chi connectivity index (χ4v) is 2.95. The Labute approximate surface area is 148 Å². The number of benzene rings is 2. The zero-order chi connectivity index (χ0) is 19.3. The lowest BCUT2D eigenvalue weighted by atomic mass is 10.0. The molecule has 0 aliphatic rings. The second-order valence-electron chi connectivity index (χ2n) is 5.90. The number of fused-ring (bicyclic) bond motifs is 2. The van der Waals surface area contributed by atoms with Gasteiger partial charge in [0.1, 0.15) is 11.2 Å². The van der Waals surface area contributed by atoms with Crippen molar-refractivity contribution in [2.75, 3.05) is 5.73 Å². The van der Waals surface area contributed by atoms with Crippen molar-refractivity contribution in [2.24, 2.45) is 0 Å². The molecule has 2 heterocycles. The Morgan fingerprint density at radius 1 is 0.889 bits per heavy atom. The molecule has 2 N–H and O–H groups in total. The van der Waals surface area contributed by atoms with E-state index in [0.717, 1.165) is 0 Å². The summed E-state index contributed by atoms with van der Waals surface area (Å²) in [7, 11) is 0. The number of para-hydroxylation sites is 1. The molecule has 0 amide bonds. The number of nitrogen functional groups attached to an aromatic ring is 1. The minimum atomic E-state index is -4.75. The van der Waals surface area contributed by atoms with Crippen molar-refractivity contribution in [3.05, 3.63) is 74.9 Å². The number of hydrogen-bond donors (Lipinski definition) is 1. The van der Waals surface area contributed by atoms with Crippen LogP contribution in [0.5, 0.6) is 0 Å². The van der Waals surface area contributed by atoms with Gasteiger partial charge < -0.3 is 14.6 Å². The van der Waals surface area contributed by atoms with Gasteiger partial charge in [-0.1, -0.05) is 18.2 Å². The monoisotopic (exact) mass is 373 g/mol. The van der Waals surface area contributed by atoms with Crippen LogP contribution in [0.3, 0.4) is 0 Å². The summed E-state index contributed by atoms with van der Waals surface area (Å²) in [6.45, 7) is 0. The molecule has 0 saturated heterocycles. The number of anilines is 1. The molecular weight excluding hydrogens is 363 g/mol. The van der Waals surface area contributed by atoms with Crippen LogP contribution >= 0.6 is 0 Å². The van der Waals surface area contributed by atoms with Crippen LogP contribution in [0, 0.1) is 0 Å². The van der Waals surface area contributed by atoms with Gasteiger partial charge in [0.2, 0.25) is 0 Å². The molecule has 0 bridgehead atoms. The van der Waals surface area contributed by atoms with Crippen LogP contribution in [0.4, 0.5) is 18.9 Å². The first-order valence-corrected chi connectivity index (χ1v) is 7.72. The van der Waals surface area contributed by atoms with Gasteiger partial charge in [-0.25, -0.2) is 9.59 Å². The molecule has 5 nitrogen and oxygen atoms in total. The van der Waals surface area contributed by atoms with Crippen LogP contribution in [-0.4, -0.2) is 0 Å². The van der Waals surface area contributed by atoms with E-state index in [0.29, 0.717) is 17.1 Å². The molecule has 8 heteroatoms. The van der Waals surface area contributed by atoms with Gasteiger partial charge >= 0.3 is 17.4 Å². The average molecular weight is 373 g/mol. The Kier molecular flexibility index (Phi) is 3.59. The molecule has 4 aromatic rings. The van der Waals surface area contributed by atoms with E-state index in [-0.39, 0.29) is 27.7 Å². The van der Waals surface area contributed by atoms with E-state index in [2.05, 4.69) is 0 Å². The van der Waals surface area contributed by atoms with Crippen LogP contribution in [0.1, 0.15) is 5.56 Å². The van der Waals surface area contributed by atoms with E-state index in [1.165, 1.54) is 30.3 Å². The van der Waals surface area contributed by atoms with Crippen LogP contribution < -0.4 is 17.0 Å². The Morgan fingerprint density at radius 3 is 2.41 bits per heavy atom. The number of nitrogens with two attached hydrogens (primary N) is 1. The highest BCUT2D eigenvalue weighted by atomic mass is 19.4. The summed E-state index contributed by atoms with van der Waals surface area (Å²) in [5.41, 5.74) is 2.86. The number of halogens is 3. The third-order valence-electron chi connectivity index (χ3n) is 4.13. The van der Waals surface area contributed by atoms with Gasteiger partial charge in [-0.3, -0.25) is 0 Å². The highest BCUT2D eigenvalue weighted by Gasteiger charge is 2.34. The molecule has 0 aliphatic carbocycles. The zero-order valence-electron chi connectivity index (χ0n) is 13.5. The first-order chi connectivity index (χ1) is 12.7. The van der Waals surface area contributed by atoms with E-state index >= 15 is 0 Å². The van der Waals surface area contributed by atoms with E-state index in [4.69, 9.17) is 14.6 Å². The Bertz CT molecular complexity index is 1320. The minimum Gasteiger partial charge on any atom is -0.422 e. The second-order valence-corrected chi connectivity index (χ2v) is 5.90. The fourth-order valence-electron chi connectivity index (χ4n) is 2.95. The molecule has 0 saturated carbocycles. The molecule has 27 heavy (non-hydrogen) atoms. The lowest BCUT2D eigenvalue weighted by Crippen LogP contribution is -2.12. The van der Waals surface area contributed by atoms with Crippen molar-refractivity contribution in [1.29, 1.82) is 0 Å². The highest BCUT2D eigenvalue weighted by Crippen LogP contribution is 2.36. The topological polar surface area (TPSA) is 86.4 Å². The third kappa shape index (κ3) is 2.84. The molecule has 0 fully saturated rings. The Hall–Kier alpha value is -3.55. The fraction of sp³-hybridized carbons (Fsp3) is 0.0526. The van der Waals surface area contributed by atoms with Crippen molar-refractivity contribution < 1.29 is 22.0 Å². The van der Waals surface area contributed by atoms with Gasteiger partial charge in [0.15, 0.2) is 0 Å². The molecular formula is C19H10F3NO4. The van der Waals surface area contributed by atoms with Crippen molar-refractivity contribution in [2.45, 2.75) is 6.18 Å².